The molecule has 2 aromatic carbocycles. The number of hydrogen-bond acceptors (Lipinski definition) is 3. The van der Waals surface area contributed by atoms with Gasteiger partial charge >= 0.3 is 0 Å². The summed E-state index contributed by atoms with van der Waals surface area (Å²) in [6.07, 6.45) is 0. The molecule has 24 heavy (non-hydrogen) atoms. The van der Waals surface area contributed by atoms with Gasteiger partial charge in [-0.25, -0.2) is 4.39 Å². The molecule has 0 spiro atoms. The van der Waals surface area contributed by atoms with Crippen molar-refractivity contribution in [2.45, 2.75) is 26.2 Å². The first kappa shape index (κ1) is 17.9. The van der Waals surface area contributed by atoms with Crippen molar-refractivity contribution in [3.8, 4) is 5.75 Å². The van der Waals surface area contributed by atoms with Gasteiger partial charge in [-0.3, -0.25) is 10.1 Å². The van der Waals surface area contributed by atoms with Crippen LogP contribution in [0.5, 0.6) is 5.75 Å². The molecule has 0 unspecified atom stereocenters. The summed E-state index contributed by atoms with van der Waals surface area (Å²) in [4.78, 5) is 12.0. The number of thiocarbonyl (C=S) groups is 1. The zero-order valence-electron chi connectivity index (χ0n) is 13.7. The maximum Gasteiger partial charge on any atom is 0.257 e. The second kappa shape index (κ2) is 6.97. The van der Waals surface area contributed by atoms with Crippen LogP contribution in [0.4, 0.5) is 10.1 Å². The average Bonchev–Trinajstić information content (AvgIpc) is 2.48. The van der Waals surface area contributed by atoms with Gasteiger partial charge in [0, 0.05) is 5.56 Å². The minimum absolute atomic E-state index is 0.0291. The van der Waals surface area contributed by atoms with Gasteiger partial charge in [0.25, 0.3) is 5.91 Å². The molecular weight excluding hydrogens is 327 g/mol. The van der Waals surface area contributed by atoms with Crippen LogP contribution < -0.4 is 10.6 Å². The van der Waals surface area contributed by atoms with E-state index in [0.29, 0.717) is 5.69 Å². The first-order chi connectivity index (χ1) is 11.2. The van der Waals surface area contributed by atoms with E-state index < -0.39 is 11.7 Å². The monoisotopic (exact) mass is 346 g/mol. The minimum Gasteiger partial charge on any atom is -0.506 e. The number of carbonyl (C=O) groups is 1. The van der Waals surface area contributed by atoms with Gasteiger partial charge in [-0.05, 0) is 59.6 Å². The maximum absolute atomic E-state index is 12.9. The van der Waals surface area contributed by atoms with Crippen molar-refractivity contribution in [1.82, 2.24) is 5.32 Å². The van der Waals surface area contributed by atoms with E-state index in [1.807, 2.05) is 6.07 Å². The lowest BCUT2D eigenvalue weighted by Crippen LogP contribution is -2.34. The molecular formula is C18H19FN2O2S. The van der Waals surface area contributed by atoms with Crippen LogP contribution in [0.3, 0.4) is 0 Å². The standard InChI is InChI=1S/C18H19FN2O2S/c1-18(2,3)12-6-9-15(22)14(10-12)20-17(24)21-16(23)11-4-7-13(19)8-5-11/h4-10,22H,1-3H3,(H2,20,21,23,24). The summed E-state index contributed by atoms with van der Waals surface area (Å²) in [6.45, 7) is 6.16. The lowest BCUT2D eigenvalue weighted by molar-refractivity contribution is 0.0977. The molecule has 4 nitrogen and oxygen atoms in total. The number of hydrogen-bond donors (Lipinski definition) is 3. The number of amides is 1. The third-order valence-electron chi connectivity index (χ3n) is 3.44. The third-order valence-corrected chi connectivity index (χ3v) is 3.65. The molecule has 2 aromatic rings. The SMILES string of the molecule is CC(C)(C)c1ccc(O)c(NC(=S)NC(=O)c2ccc(F)cc2)c1. The molecule has 0 saturated carbocycles. The van der Waals surface area contributed by atoms with Crippen molar-refractivity contribution in [2.75, 3.05) is 5.32 Å². The third kappa shape index (κ3) is 4.52. The summed E-state index contributed by atoms with van der Waals surface area (Å²) in [5, 5.41) is 15.3. The molecule has 0 saturated heterocycles. The molecule has 0 aliphatic rings. The second-order valence-electron chi connectivity index (χ2n) is 6.40. The quantitative estimate of drug-likeness (QED) is 0.569. The van der Waals surface area contributed by atoms with Gasteiger partial charge in [0.1, 0.15) is 11.6 Å². The van der Waals surface area contributed by atoms with E-state index in [-0.39, 0.29) is 21.8 Å². The van der Waals surface area contributed by atoms with E-state index in [1.165, 1.54) is 24.3 Å². The summed E-state index contributed by atoms with van der Waals surface area (Å²) in [7, 11) is 0. The van der Waals surface area contributed by atoms with Crippen molar-refractivity contribution in [1.29, 1.82) is 0 Å². The number of nitrogens with one attached hydrogen (secondary N) is 2. The van der Waals surface area contributed by atoms with Crippen molar-refractivity contribution in [3.63, 3.8) is 0 Å². The Bertz CT molecular complexity index is 768. The van der Waals surface area contributed by atoms with Crippen LogP contribution in [0, 0.1) is 5.82 Å². The number of rotatable bonds is 2. The molecule has 0 aromatic heterocycles. The van der Waals surface area contributed by atoms with Gasteiger partial charge in [0.15, 0.2) is 5.11 Å². The topological polar surface area (TPSA) is 61.4 Å². The molecule has 0 heterocycles. The van der Waals surface area contributed by atoms with Crippen LogP contribution in [0.15, 0.2) is 42.5 Å². The van der Waals surface area contributed by atoms with E-state index in [2.05, 4.69) is 31.4 Å². The van der Waals surface area contributed by atoms with Gasteiger partial charge < -0.3 is 10.4 Å². The van der Waals surface area contributed by atoms with E-state index >= 15 is 0 Å². The van der Waals surface area contributed by atoms with Gasteiger partial charge in [0.05, 0.1) is 5.69 Å². The molecule has 3 N–H and O–H groups in total. The largest absolute Gasteiger partial charge is 0.506 e. The van der Waals surface area contributed by atoms with Gasteiger partial charge in [-0.2, -0.15) is 0 Å². The van der Waals surface area contributed by atoms with E-state index in [9.17, 15) is 14.3 Å². The van der Waals surface area contributed by atoms with Crippen LogP contribution in [0.1, 0.15) is 36.7 Å². The van der Waals surface area contributed by atoms with Crippen LogP contribution in [0.2, 0.25) is 0 Å². The number of phenolic OH excluding ortho intramolecular Hbond substituents is 1. The lowest BCUT2D eigenvalue weighted by Gasteiger charge is -2.21. The Morgan fingerprint density at radius 3 is 2.33 bits per heavy atom. The molecule has 6 heteroatoms. The predicted molar refractivity (Wildman–Crippen MR) is 96.9 cm³/mol. The maximum atomic E-state index is 12.9. The highest BCUT2D eigenvalue weighted by atomic mass is 32.1. The molecule has 0 aliphatic carbocycles. The van der Waals surface area contributed by atoms with Crippen LogP contribution >= 0.6 is 12.2 Å². The number of anilines is 1. The van der Waals surface area contributed by atoms with Gasteiger partial charge in [-0.1, -0.05) is 26.8 Å². The Balaban J connectivity index is 2.09. The first-order valence-corrected chi connectivity index (χ1v) is 7.79. The molecule has 0 aliphatic heterocycles. The highest BCUT2D eigenvalue weighted by Gasteiger charge is 2.16. The normalized spacial score (nSPS) is 11.0. The first-order valence-electron chi connectivity index (χ1n) is 7.38. The van der Waals surface area contributed by atoms with Crippen LogP contribution in [0.25, 0.3) is 0 Å². The highest BCUT2D eigenvalue weighted by Crippen LogP contribution is 2.30. The van der Waals surface area contributed by atoms with Crippen LogP contribution in [-0.4, -0.2) is 16.1 Å². The fourth-order valence-electron chi connectivity index (χ4n) is 2.03. The zero-order chi connectivity index (χ0) is 17.9. The molecule has 0 atom stereocenters. The molecule has 0 bridgehead atoms. The fourth-order valence-corrected chi connectivity index (χ4v) is 2.24. The Kier molecular flexibility index (Phi) is 5.19. The van der Waals surface area contributed by atoms with Crippen molar-refractivity contribution < 1.29 is 14.3 Å². The van der Waals surface area contributed by atoms with Gasteiger partial charge in [-0.15, -0.1) is 0 Å². The Morgan fingerprint density at radius 2 is 1.75 bits per heavy atom. The van der Waals surface area contributed by atoms with Crippen molar-refractivity contribution >= 4 is 28.9 Å². The fraction of sp³-hybridized carbons (Fsp3) is 0.222. The summed E-state index contributed by atoms with van der Waals surface area (Å²) in [5.41, 5.74) is 1.61. The molecule has 0 radical (unpaired) electrons. The molecule has 2 rings (SSSR count). The number of halogens is 1. The van der Waals surface area contributed by atoms with Crippen molar-refractivity contribution in [2.24, 2.45) is 0 Å². The second-order valence-corrected chi connectivity index (χ2v) is 6.81. The Hall–Kier alpha value is -2.47. The van der Waals surface area contributed by atoms with E-state index in [1.54, 1.807) is 12.1 Å². The highest BCUT2D eigenvalue weighted by molar-refractivity contribution is 7.80. The smallest absolute Gasteiger partial charge is 0.257 e. The summed E-state index contributed by atoms with van der Waals surface area (Å²) < 4.78 is 12.9. The summed E-state index contributed by atoms with van der Waals surface area (Å²) in [6, 6.07) is 10.3. The number of phenols is 1. The molecule has 1 amide bonds. The van der Waals surface area contributed by atoms with Crippen molar-refractivity contribution in [3.05, 3.63) is 59.4 Å². The predicted octanol–water partition coefficient (Wildman–Crippen LogP) is 3.96. The summed E-state index contributed by atoms with van der Waals surface area (Å²) in [5.74, 6) is -0.850. The van der Waals surface area contributed by atoms with E-state index in [0.717, 1.165) is 5.56 Å². The van der Waals surface area contributed by atoms with Crippen LogP contribution in [-0.2, 0) is 5.41 Å². The average molecular weight is 346 g/mol. The minimum atomic E-state index is -0.459. The number of benzene rings is 2. The van der Waals surface area contributed by atoms with E-state index in [4.69, 9.17) is 12.2 Å². The summed E-state index contributed by atoms with van der Waals surface area (Å²) >= 11 is 5.11. The Morgan fingerprint density at radius 1 is 1.12 bits per heavy atom. The molecule has 0 fully saturated rings. The Labute approximate surface area is 145 Å². The van der Waals surface area contributed by atoms with Gasteiger partial charge in [0.2, 0.25) is 0 Å². The molecule has 126 valence electrons. The number of aromatic hydroxyl groups is 1. The number of carbonyl (C=O) groups excluding carboxylic acids is 1. The lowest BCUT2D eigenvalue weighted by atomic mass is 9.87. The zero-order valence-corrected chi connectivity index (χ0v) is 14.5.